The van der Waals surface area contributed by atoms with Crippen molar-refractivity contribution in [2.24, 2.45) is 5.10 Å². The van der Waals surface area contributed by atoms with Crippen LogP contribution < -0.4 is 14.9 Å². The summed E-state index contributed by atoms with van der Waals surface area (Å²) >= 11 is 0. The Morgan fingerprint density at radius 3 is 2.70 bits per heavy atom. The number of aromatic nitrogens is 2. The van der Waals surface area contributed by atoms with Gasteiger partial charge in [-0.05, 0) is 48.9 Å². The molecule has 2 N–H and O–H groups in total. The summed E-state index contributed by atoms with van der Waals surface area (Å²) in [7, 11) is 0. The normalized spacial score (nSPS) is 11.1. The van der Waals surface area contributed by atoms with Gasteiger partial charge in [-0.1, -0.05) is 30.3 Å². The van der Waals surface area contributed by atoms with E-state index in [0.717, 1.165) is 16.6 Å². The molecule has 3 aromatic carbocycles. The van der Waals surface area contributed by atoms with E-state index >= 15 is 0 Å². The van der Waals surface area contributed by atoms with E-state index < -0.39 is 0 Å². The van der Waals surface area contributed by atoms with E-state index in [1.807, 2.05) is 43.3 Å². The highest BCUT2D eigenvalue weighted by molar-refractivity contribution is 5.82. The van der Waals surface area contributed by atoms with Crippen molar-refractivity contribution in [1.29, 1.82) is 0 Å². The van der Waals surface area contributed by atoms with Crippen LogP contribution in [0.4, 0.5) is 10.3 Å². The molecule has 0 spiro atoms. The Bertz CT molecular complexity index is 1140. The van der Waals surface area contributed by atoms with Gasteiger partial charge < -0.3 is 14.5 Å². The van der Waals surface area contributed by atoms with Crippen molar-refractivity contribution in [3.63, 3.8) is 0 Å². The van der Waals surface area contributed by atoms with Gasteiger partial charge in [-0.25, -0.2) is 14.8 Å². The molecule has 0 radical (unpaired) electrons. The van der Waals surface area contributed by atoms with Crippen molar-refractivity contribution >= 4 is 23.2 Å². The van der Waals surface area contributed by atoms with E-state index in [1.165, 1.54) is 6.07 Å². The molecule has 1 heterocycles. The molecule has 0 aliphatic rings. The summed E-state index contributed by atoms with van der Waals surface area (Å²) < 4.78 is 25.3. The lowest BCUT2D eigenvalue weighted by atomic mass is 10.2. The Kier molecular flexibility index (Phi) is 5.89. The van der Waals surface area contributed by atoms with Crippen LogP contribution in [0.1, 0.15) is 18.1 Å². The predicted molar refractivity (Wildman–Crippen MR) is 116 cm³/mol. The van der Waals surface area contributed by atoms with Gasteiger partial charge in [-0.2, -0.15) is 5.10 Å². The molecule has 0 aliphatic carbocycles. The molecular weight excluding hydrogens is 383 g/mol. The van der Waals surface area contributed by atoms with Crippen molar-refractivity contribution in [2.45, 2.75) is 13.5 Å². The van der Waals surface area contributed by atoms with Gasteiger partial charge >= 0.3 is 0 Å². The third-order valence-corrected chi connectivity index (χ3v) is 4.38. The number of fused-ring (bicyclic) bond motifs is 1. The van der Waals surface area contributed by atoms with E-state index in [0.29, 0.717) is 29.6 Å². The number of para-hydroxylation sites is 2. The summed E-state index contributed by atoms with van der Waals surface area (Å²) in [6.07, 6.45) is 1.66. The lowest BCUT2D eigenvalue weighted by Crippen LogP contribution is -2.02. The minimum Gasteiger partial charge on any atom is -0.490 e. The van der Waals surface area contributed by atoms with E-state index in [2.05, 4.69) is 20.5 Å². The third kappa shape index (κ3) is 4.57. The standard InChI is InChI=1S/C23H21FN4O2/c1-2-29-22-13-16(11-12-21(22)30-15-17-7-3-4-8-18(17)24)14-25-28-23-26-19-9-5-6-10-20(19)27-23/h3-14H,2,15H2,1H3,(H2,26,27,28)/b25-14-. The van der Waals surface area contributed by atoms with Gasteiger partial charge in [0.15, 0.2) is 11.5 Å². The molecule has 0 saturated carbocycles. The second-order valence-corrected chi connectivity index (χ2v) is 6.49. The highest BCUT2D eigenvalue weighted by atomic mass is 19.1. The first-order valence-electron chi connectivity index (χ1n) is 9.60. The molecule has 1 aromatic heterocycles. The quantitative estimate of drug-likeness (QED) is 0.316. The van der Waals surface area contributed by atoms with Gasteiger partial charge in [-0.15, -0.1) is 0 Å². The first-order chi connectivity index (χ1) is 14.7. The molecule has 0 bridgehead atoms. The van der Waals surface area contributed by atoms with Gasteiger partial charge in [0.25, 0.3) is 0 Å². The largest absolute Gasteiger partial charge is 0.490 e. The number of imidazole rings is 1. The molecule has 30 heavy (non-hydrogen) atoms. The van der Waals surface area contributed by atoms with Gasteiger partial charge in [-0.3, -0.25) is 0 Å². The molecule has 7 heteroatoms. The minimum atomic E-state index is -0.295. The fraction of sp³-hybridized carbons (Fsp3) is 0.130. The molecule has 0 amide bonds. The second kappa shape index (κ2) is 9.09. The van der Waals surface area contributed by atoms with Crippen LogP contribution in [0, 0.1) is 5.82 Å². The Hall–Kier alpha value is -3.87. The van der Waals surface area contributed by atoms with E-state index in [-0.39, 0.29) is 12.4 Å². The van der Waals surface area contributed by atoms with E-state index in [1.54, 1.807) is 30.5 Å². The molecule has 0 atom stereocenters. The van der Waals surface area contributed by atoms with Crippen molar-refractivity contribution in [2.75, 3.05) is 12.0 Å². The summed E-state index contributed by atoms with van der Waals surface area (Å²) in [6.45, 7) is 2.49. The first-order valence-corrected chi connectivity index (χ1v) is 9.60. The molecule has 4 rings (SSSR count). The smallest absolute Gasteiger partial charge is 0.222 e. The van der Waals surface area contributed by atoms with Crippen molar-refractivity contribution in [1.82, 2.24) is 9.97 Å². The van der Waals surface area contributed by atoms with E-state index in [4.69, 9.17) is 9.47 Å². The van der Waals surface area contributed by atoms with Crippen LogP contribution in [-0.2, 0) is 6.61 Å². The fourth-order valence-electron chi connectivity index (χ4n) is 2.94. The number of halogens is 1. The van der Waals surface area contributed by atoms with Crippen molar-refractivity contribution in [3.05, 3.63) is 83.7 Å². The highest BCUT2D eigenvalue weighted by Gasteiger charge is 2.08. The zero-order valence-electron chi connectivity index (χ0n) is 16.4. The molecule has 6 nitrogen and oxygen atoms in total. The van der Waals surface area contributed by atoms with Crippen molar-refractivity contribution in [3.8, 4) is 11.5 Å². The lowest BCUT2D eigenvalue weighted by molar-refractivity contribution is 0.266. The molecular formula is C23H21FN4O2. The van der Waals surface area contributed by atoms with Gasteiger partial charge in [0, 0.05) is 5.56 Å². The average molecular weight is 404 g/mol. The van der Waals surface area contributed by atoms with Crippen LogP contribution >= 0.6 is 0 Å². The number of nitrogens with one attached hydrogen (secondary N) is 2. The maximum absolute atomic E-state index is 13.8. The van der Waals surface area contributed by atoms with Crippen LogP contribution in [0.2, 0.25) is 0 Å². The SMILES string of the molecule is CCOc1cc(/C=N\Nc2nc3ccccc3[nH]2)ccc1OCc1ccccc1F. The minimum absolute atomic E-state index is 0.119. The monoisotopic (exact) mass is 404 g/mol. The molecule has 0 saturated heterocycles. The van der Waals surface area contributed by atoms with Crippen LogP contribution in [0.3, 0.4) is 0 Å². The number of nitrogens with zero attached hydrogens (tertiary/aromatic N) is 2. The number of hydrogen-bond donors (Lipinski definition) is 2. The Morgan fingerprint density at radius 2 is 1.87 bits per heavy atom. The highest BCUT2D eigenvalue weighted by Crippen LogP contribution is 2.29. The summed E-state index contributed by atoms with van der Waals surface area (Å²) in [5.41, 5.74) is 6.00. The molecule has 0 fully saturated rings. The average Bonchev–Trinajstić information content (AvgIpc) is 3.17. The number of hydrogen-bond acceptors (Lipinski definition) is 5. The second-order valence-electron chi connectivity index (χ2n) is 6.49. The zero-order chi connectivity index (χ0) is 20.8. The summed E-state index contributed by atoms with van der Waals surface area (Å²) in [4.78, 5) is 7.56. The Labute approximate surface area is 173 Å². The summed E-state index contributed by atoms with van der Waals surface area (Å²) in [5, 5.41) is 4.23. The lowest BCUT2D eigenvalue weighted by Gasteiger charge is -2.13. The molecule has 152 valence electrons. The first kappa shape index (κ1) is 19.4. The third-order valence-electron chi connectivity index (χ3n) is 4.38. The number of hydrazone groups is 1. The van der Waals surface area contributed by atoms with Gasteiger partial charge in [0.05, 0.1) is 23.9 Å². The fourth-order valence-corrected chi connectivity index (χ4v) is 2.94. The topological polar surface area (TPSA) is 71.5 Å². The number of benzene rings is 3. The number of aromatic amines is 1. The number of rotatable bonds is 8. The Balaban J connectivity index is 1.45. The Morgan fingerprint density at radius 1 is 1.03 bits per heavy atom. The van der Waals surface area contributed by atoms with Gasteiger partial charge in [0.1, 0.15) is 12.4 Å². The molecule has 4 aromatic rings. The maximum atomic E-state index is 13.8. The number of ether oxygens (including phenoxy) is 2. The molecule has 0 aliphatic heterocycles. The number of anilines is 1. The maximum Gasteiger partial charge on any atom is 0.222 e. The van der Waals surface area contributed by atoms with Crippen LogP contribution in [0.5, 0.6) is 11.5 Å². The van der Waals surface area contributed by atoms with Crippen LogP contribution in [-0.4, -0.2) is 22.8 Å². The predicted octanol–water partition coefficient (Wildman–Crippen LogP) is 5.13. The van der Waals surface area contributed by atoms with E-state index in [9.17, 15) is 4.39 Å². The number of H-pyrrole nitrogens is 1. The molecule has 0 unspecified atom stereocenters. The van der Waals surface area contributed by atoms with Crippen LogP contribution in [0.15, 0.2) is 71.8 Å². The zero-order valence-corrected chi connectivity index (χ0v) is 16.4. The van der Waals surface area contributed by atoms with Gasteiger partial charge in [0.2, 0.25) is 5.95 Å². The van der Waals surface area contributed by atoms with Crippen LogP contribution in [0.25, 0.3) is 11.0 Å². The van der Waals surface area contributed by atoms with Crippen molar-refractivity contribution < 1.29 is 13.9 Å². The summed E-state index contributed by atoms with van der Waals surface area (Å²) in [6, 6.07) is 19.7. The summed E-state index contributed by atoms with van der Waals surface area (Å²) in [5.74, 6) is 1.38.